The maximum absolute atomic E-state index is 10.2. The van der Waals surface area contributed by atoms with Crippen LogP contribution in [0.2, 0.25) is 8.67 Å². The Morgan fingerprint density at radius 3 is 2.53 bits per heavy atom. The molecule has 4 heteroatoms. The zero-order chi connectivity index (χ0) is 10.6. The predicted molar refractivity (Wildman–Crippen MR) is 63.6 cm³/mol. The van der Waals surface area contributed by atoms with Gasteiger partial charge in [0.15, 0.2) is 0 Å². The maximum atomic E-state index is 10.2. The van der Waals surface area contributed by atoms with E-state index in [0.29, 0.717) is 14.6 Å². The molecule has 1 heterocycles. The molecule has 2 saturated carbocycles. The van der Waals surface area contributed by atoms with Crippen LogP contribution >= 0.6 is 34.5 Å². The maximum Gasteiger partial charge on any atom is 0.100 e. The second-order valence-electron chi connectivity index (χ2n) is 4.56. The lowest BCUT2D eigenvalue weighted by atomic mass is 10.0. The number of halogens is 2. The molecule has 82 valence electrons. The van der Waals surface area contributed by atoms with E-state index in [1.54, 1.807) is 0 Å². The third-order valence-corrected chi connectivity index (χ3v) is 5.36. The number of fused-ring (bicyclic) bond motifs is 1. The fraction of sp³-hybridized carbons (Fsp3) is 0.636. The zero-order valence-electron chi connectivity index (χ0n) is 8.12. The summed E-state index contributed by atoms with van der Waals surface area (Å²) < 4.78 is 1.32. The molecular weight excluding hydrogens is 251 g/mol. The SMILES string of the molecule is OC(c1cc(Cl)sc1Cl)C1C2CCCC21. The van der Waals surface area contributed by atoms with Crippen LogP contribution in [0.5, 0.6) is 0 Å². The van der Waals surface area contributed by atoms with E-state index >= 15 is 0 Å². The Labute approximate surface area is 103 Å². The molecule has 0 amide bonds. The number of hydrogen-bond donors (Lipinski definition) is 1. The first kappa shape index (κ1) is 10.4. The first-order chi connectivity index (χ1) is 7.18. The topological polar surface area (TPSA) is 20.2 Å². The van der Waals surface area contributed by atoms with Crippen LogP contribution in [0.4, 0.5) is 0 Å². The largest absolute Gasteiger partial charge is 0.388 e. The van der Waals surface area contributed by atoms with E-state index in [9.17, 15) is 5.11 Å². The fourth-order valence-electron chi connectivity index (χ4n) is 3.11. The number of hydrogen-bond acceptors (Lipinski definition) is 2. The molecule has 1 aromatic rings. The Morgan fingerprint density at radius 1 is 1.33 bits per heavy atom. The van der Waals surface area contributed by atoms with Gasteiger partial charge in [-0.2, -0.15) is 0 Å². The molecule has 2 aliphatic rings. The van der Waals surface area contributed by atoms with Crippen molar-refractivity contribution in [1.29, 1.82) is 0 Å². The average molecular weight is 263 g/mol. The second-order valence-corrected chi connectivity index (χ2v) is 6.85. The molecule has 3 unspecified atom stereocenters. The van der Waals surface area contributed by atoms with Gasteiger partial charge in [-0.25, -0.2) is 0 Å². The lowest BCUT2D eigenvalue weighted by molar-refractivity contribution is 0.137. The molecule has 15 heavy (non-hydrogen) atoms. The molecule has 1 nitrogen and oxygen atoms in total. The molecular formula is C11H12Cl2OS. The molecule has 1 N–H and O–H groups in total. The van der Waals surface area contributed by atoms with Gasteiger partial charge >= 0.3 is 0 Å². The van der Waals surface area contributed by atoms with Crippen molar-refractivity contribution in [2.75, 3.05) is 0 Å². The van der Waals surface area contributed by atoms with Gasteiger partial charge in [-0.05, 0) is 36.7 Å². The lowest BCUT2D eigenvalue weighted by Gasteiger charge is -2.11. The summed E-state index contributed by atoms with van der Waals surface area (Å²) in [5, 5.41) is 10.2. The van der Waals surface area contributed by atoms with E-state index in [1.165, 1.54) is 30.6 Å². The van der Waals surface area contributed by atoms with E-state index in [0.717, 1.165) is 17.4 Å². The minimum absolute atomic E-state index is 0.392. The van der Waals surface area contributed by atoms with Crippen LogP contribution in [0.15, 0.2) is 6.07 Å². The van der Waals surface area contributed by atoms with E-state index in [2.05, 4.69) is 0 Å². The number of rotatable bonds is 2. The number of aliphatic hydroxyl groups is 1. The summed E-state index contributed by atoms with van der Waals surface area (Å²) in [4.78, 5) is 0. The highest BCUT2D eigenvalue weighted by Crippen LogP contribution is 2.62. The quantitative estimate of drug-likeness (QED) is 0.850. The van der Waals surface area contributed by atoms with Crippen molar-refractivity contribution in [3.63, 3.8) is 0 Å². The van der Waals surface area contributed by atoms with E-state index < -0.39 is 6.10 Å². The molecule has 0 spiro atoms. The van der Waals surface area contributed by atoms with Crippen molar-refractivity contribution in [1.82, 2.24) is 0 Å². The second kappa shape index (κ2) is 3.63. The summed E-state index contributed by atoms with van der Waals surface area (Å²) in [7, 11) is 0. The highest BCUT2D eigenvalue weighted by atomic mass is 35.5. The first-order valence-corrected chi connectivity index (χ1v) is 6.88. The summed E-state index contributed by atoms with van der Waals surface area (Å²) in [5.41, 5.74) is 0.839. The summed E-state index contributed by atoms with van der Waals surface area (Å²) in [6.07, 6.45) is 3.50. The molecule has 2 aliphatic carbocycles. The third-order valence-electron chi connectivity index (χ3n) is 3.84. The highest BCUT2D eigenvalue weighted by Gasteiger charge is 2.56. The van der Waals surface area contributed by atoms with Gasteiger partial charge in [0.1, 0.15) is 4.34 Å². The van der Waals surface area contributed by atoms with Crippen LogP contribution in [0, 0.1) is 17.8 Å². The van der Waals surface area contributed by atoms with Crippen molar-refractivity contribution in [2.24, 2.45) is 17.8 Å². The molecule has 2 fully saturated rings. The zero-order valence-corrected chi connectivity index (χ0v) is 10.4. The predicted octanol–water partition coefficient (Wildman–Crippen LogP) is 4.13. The summed E-state index contributed by atoms with van der Waals surface area (Å²) in [5.74, 6) is 1.94. The standard InChI is InChI=1S/C11H12Cl2OS/c12-8-4-7(11(13)15-8)10(14)9-5-2-1-3-6(5)9/h4-6,9-10,14H,1-3H2. The minimum atomic E-state index is -0.392. The van der Waals surface area contributed by atoms with Crippen molar-refractivity contribution in [2.45, 2.75) is 25.4 Å². The van der Waals surface area contributed by atoms with Gasteiger partial charge in [0.25, 0.3) is 0 Å². The molecule has 0 saturated heterocycles. The fourth-order valence-corrected chi connectivity index (χ4v) is 4.65. The number of thiophene rings is 1. The normalized spacial score (nSPS) is 35.3. The van der Waals surface area contributed by atoms with E-state index in [-0.39, 0.29) is 0 Å². The molecule has 3 atom stereocenters. The molecule has 0 aromatic carbocycles. The summed E-state index contributed by atoms with van der Waals surface area (Å²) in [6, 6.07) is 1.81. The third kappa shape index (κ3) is 1.62. The monoisotopic (exact) mass is 262 g/mol. The minimum Gasteiger partial charge on any atom is -0.388 e. The van der Waals surface area contributed by atoms with E-state index in [1.807, 2.05) is 6.07 Å². The van der Waals surface area contributed by atoms with E-state index in [4.69, 9.17) is 23.2 Å². The molecule has 0 aliphatic heterocycles. The molecule has 0 radical (unpaired) electrons. The Kier molecular flexibility index (Phi) is 2.51. The smallest absolute Gasteiger partial charge is 0.100 e. The molecule has 3 rings (SSSR count). The van der Waals surface area contributed by atoms with Gasteiger partial charge in [0, 0.05) is 5.56 Å². The van der Waals surface area contributed by atoms with Gasteiger partial charge in [-0.3, -0.25) is 0 Å². The highest BCUT2D eigenvalue weighted by molar-refractivity contribution is 7.20. The lowest BCUT2D eigenvalue weighted by Crippen LogP contribution is -2.03. The summed E-state index contributed by atoms with van der Waals surface area (Å²) in [6.45, 7) is 0. The molecule has 1 aromatic heterocycles. The van der Waals surface area contributed by atoms with Crippen LogP contribution in [0.25, 0.3) is 0 Å². The summed E-state index contributed by atoms with van der Waals surface area (Å²) >= 11 is 13.3. The number of aliphatic hydroxyl groups excluding tert-OH is 1. The van der Waals surface area contributed by atoms with Crippen LogP contribution in [0.3, 0.4) is 0 Å². The van der Waals surface area contributed by atoms with Gasteiger partial charge in [-0.1, -0.05) is 29.6 Å². The van der Waals surface area contributed by atoms with Crippen LogP contribution < -0.4 is 0 Å². The van der Waals surface area contributed by atoms with Gasteiger partial charge < -0.3 is 5.11 Å². The Hall–Kier alpha value is 0.240. The van der Waals surface area contributed by atoms with Gasteiger partial charge in [0.05, 0.1) is 10.4 Å². The van der Waals surface area contributed by atoms with Crippen molar-refractivity contribution in [3.8, 4) is 0 Å². The van der Waals surface area contributed by atoms with Crippen molar-refractivity contribution in [3.05, 3.63) is 20.3 Å². The van der Waals surface area contributed by atoms with Crippen LogP contribution in [-0.4, -0.2) is 5.11 Å². The average Bonchev–Trinajstić information content (AvgIpc) is 2.58. The van der Waals surface area contributed by atoms with Crippen LogP contribution in [-0.2, 0) is 0 Å². The Balaban J connectivity index is 1.80. The van der Waals surface area contributed by atoms with Crippen molar-refractivity contribution >= 4 is 34.5 Å². The van der Waals surface area contributed by atoms with Gasteiger partial charge in [-0.15, -0.1) is 11.3 Å². The Morgan fingerprint density at radius 2 is 2.00 bits per heavy atom. The van der Waals surface area contributed by atoms with Gasteiger partial charge in [0.2, 0.25) is 0 Å². The Bertz CT molecular complexity index is 380. The molecule has 0 bridgehead atoms. The first-order valence-electron chi connectivity index (χ1n) is 5.31. The van der Waals surface area contributed by atoms with Crippen molar-refractivity contribution < 1.29 is 5.11 Å². The van der Waals surface area contributed by atoms with Crippen LogP contribution in [0.1, 0.15) is 30.9 Å².